The number of aryl methyl sites for hydroxylation is 1. The molecular weight excluding hydrogens is 224 g/mol. The van der Waals surface area contributed by atoms with Gasteiger partial charge in [0.05, 0.1) is 5.69 Å². The summed E-state index contributed by atoms with van der Waals surface area (Å²) in [5.74, 6) is 0. The lowest BCUT2D eigenvalue weighted by Crippen LogP contribution is -2.18. The van der Waals surface area contributed by atoms with Gasteiger partial charge in [0.1, 0.15) is 0 Å². The van der Waals surface area contributed by atoms with Crippen LogP contribution in [0.5, 0.6) is 0 Å². The molecule has 0 saturated carbocycles. The molecule has 1 heterocycles. The molecule has 18 heavy (non-hydrogen) atoms. The SMILES string of the molecule is Cn1nc(-c2ccc(C(C)(C)C)cc2)ccc1=O. The minimum absolute atomic E-state index is 0.0925. The first-order valence-corrected chi connectivity index (χ1v) is 6.03. The maximum atomic E-state index is 11.3. The topological polar surface area (TPSA) is 34.9 Å². The first-order valence-electron chi connectivity index (χ1n) is 6.03. The third-order valence-electron chi connectivity index (χ3n) is 3.01. The number of aromatic nitrogens is 2. The molecule has 0 aliphatic carbocycles. The second kappa shape index (κ2) is 4.41. The quantitative estimate of drug-likeness (QED) is 0.770. The number of benzene rings is 1. The molecule has 2 aromatic rings. The van der Waals surface area contributed by atoms with Gasteiger partial charge in [-0.05, 0) is 17.0 Å². The van der Waals surface area contributed by atoms with E-state index in [1.165, 1.54) is 10.2 Å². The maximum absolute atomic E-state index is 11.3. The van der Waals surface area contributed by atoms with Crippen LogP contribution in [0.2, 0.25) is 0 Å². The molecule has 0 spiro atoms. The van der Waals surface area contributed by atoms with Crippen LogP contribution in [0.4, 0.5) is 0 Å². The third kappa shape index (κ3) is 2.50. The standard InChI is InChI=1S/C15H18N2O/c1-15(2,3)12-7-5-11(6-8-12)13-9-10-14(18)17(4)16-13/h5-10H,1-4H3. The predicted octanol–water partition coefficient (Wildman–Crippen LogP) is 2.74. The van der Waals surface area contributed by atoms with E-state index in [0.29, 0.717) is 0 Å². The summed E-state index contributed by atoms with van der Waals surface area (Å²) in [7, 11) is 1.66. The van der Waals surface area contributed by atoms with E-state index in [-0.39, 0.29) is 11.0 Å². The molecule has 0 unspecified atom stereocenters. The number of rotatable bonds is 1. The van der Waals surface area contributed by atoms with Crippen molar-refractivity contribution >= 4 is 0 Å². The summed E-state index contributed by atoms with van der Waals surface area (Å²) in [5.41, 5.74) is 3.19. The molecule has 0 fully saturated rings. The van der Waals surface area contributed by atoms with Crippen molar-refractivity contribution in [1.82, 2.24) is 9.78 Å². The molecule has 1 aromatic carbocycles. The first-order chi connectivity index (χ1) is 8.38. The largest absolute Gasteiger partial charge is 0.268 e. The van der Waals surface area contributed by atoms with Crippen molar-refractivity contribution in [3.05, 3.63) is 52.3 Å². The molecule has 1 aromatic heterocycles. The van der Waals surface area contributed by atoms with E-state index in [0.717, 1.165) is 11.3 Å². The summed E-state index contributed by atoms with van der Waals surface area (Å²) >= 11 is 0. The fraction of sp³-hybridized carbons (Fsp3) is 0.333. The molecule has 0 N–H and O–H groups in total. The molecule has 0 aliphatic heterocycles. The van der Waals surface area contributed by atoms with Crippen molar-refractivity contribution in [2.75, 3.05) is 0 Å². The van der Waals surface area contributed by atoms with Crippen LogP contribution in [0.1, 0.15) is 26.3 Å². The highest BCUT2D eigenvalue weighted by Crippen LogP contribution is 2.24. The second-order valence-corrected chi connectivity index (χ2v) is 5.51. The van der Waals surface area contributed by atoms with Crippen LogP contribution in [0.15, 0.2) is 41.2 Å². The van der Waals surface area contributed by atoms with Gasteiger partial charge in [-0.3, -0.25) is 4.79 Å². The zero-order valence-corrected chi connectivity index (χ0v) is 11.3. The lowest BCUT2D eigenvalue weighted by molar-refractivity contribution is 0.590. The zero-order chi connectivity index (χ0) is 13.3. The first kappa shape index (κ1) is 12.6. The van der Waals surface area contributed by atoms with Crippen molar-refractivity contribution in [3.8, 4) is 11.3 Å². The highest BCUT2D eigenvalue weighted by atomic mass is 16.1. The van der Waals surface area contributed by atoms with Gasteiger partial charge < -0.3 is 0 Å². The molecule has 0 aliphatic rings. The molecule has 94 valence electrons. The van der Waals surface area contributed by atoms with Crippen molar-refractivity contribution in [2.24, 2.45) is 7.05 Å². The Balaban J connectivity index is 2.40. The highest BCUT2D eigenvalue weighted by molar-refractivity contribution is 5.58. The van der Waals surface area contributed by atoms with Crippen molar-refractivity contribution in [1.29, 1.82) is 0 Å². The van der Waals surface area contributed by atoms with Crippen molar-refractivity contribution < 1.29 is 0 Å². The molecule has 0 radical (unpaired) electrons. The zero-order valence-electron chi connectivity index (χ0n) is 11.3. The highest BCUT2D eigenvalue weighted by Gasteiger charge is 2.13. The molecule has 0 saturated heterocycles. The van der Waals surface area contributed by atoms with Crippen LogP contribution in [-0.2, 0) is 12.5 Å². The molecule has 2 rings (SSSR count). The van der Waals surface area contributed by atoms with Gasteiger partial charge in [-0.25, -0.2) is 4.68 Å². The van der Waals surface area contributed by atoms with Crippen molar-refractivity contribution in [3.63, 3.8) is 0 Å². The summed E-state index contributed by atoms with van der Waals surface area (Å²) in [6.07, 6.45) is 0. The van der Waals surface area contributed by atoms with E-state index < -0.39 is 0 Å². The lowest BCUT2D eigenvalue weighted by atomic mass is 9.86. The molecule has 0 atom stereocenters. The summed E-state index contributed by atoms with van der Waals surface area (Å²) in [6, 6.07) is 11.6. The van der Waals surface area contributed by atoms with E-state index in [9.17, 15) is 4.79 Å². The van der Waals surface area contributed by atoms with Crippen LogP contribution < -0.4 is 5.56 Å². The average molecular weight is 242 g/mol. The molecule has 3 nitrogen and oxygen atoms in total. The summed E-state index contributed by atoms with van der Waals surface area (Å²) in [4.78, 5) is 11.3. The van der Waals surface area contributed by atoms with Gasteiger partial charge in [0, 0.05) is 18.7 Å². The van der Waals surface area contributed by atoms with E-state index in [4.69, 9.17) is 0 Å². The number of hydrogen-bond donors (Lipinski definition) is 0. The van der Waals surface area contributed by atoms with Gasteiger partial charge >= 0.3 is 0 Å². The summed E-state index contributed by atoms with van der Waals surface area (Å²) < 4.78 is 1.35. The summed E-state index contributed by atoms with van der Waals surface area (Å²) in [5, 5.41) is 4.24. The van der Waals surface area contributed by atoms with Crippen LogP contribution in [0, 0.1) is 0 Å². The average Bonchev–Trinajstić information content (AvgIpc) is 2.32. The van der Waals surface area contributed by atoms with Crippen LogP contribution in [0.25, 0.3) is 11.3 Å². The smallest absolute Gasteiger partial charge is 0.266 e. The molecule has 0 amide bonds. The monoisotopic (exact) mass is 242 g/mol. The van der Waals surface area contributed by atoms with Gasteiger partial charge in [0.2, 0.25) is 0 Å². The van der Waals surface area contributed by atoms with Gasteiger partial charge in [-0.15, -0.1) is 0 Å². The predicted molar refractivity (Wildman–Crippen MR) is 73.6 cm³/mol. The van der Waals surface area contributed by atoms with Crippen LogP contribution in [0.3, 0.4) is 0 Å². The normalized spacial score (nSPS) is 11.6. The Morgan fingerprint density at radius 2 is 1.61 bits per heavy atom. The Labute approximate surface area is 107 Å². The van der Waals surface area contributed by atoms with Gasteiger partial charge in [0.15, 0.2) is 0 Å². The van der Waals surface area contributed by atoms with Crippen LogP contribution >= 0.6 is 0 Å². The third-order valence-corrected chi connectivity index (χ3v) is 3.01. The maximum Gasteiger partial charge on any atom is 0.266 e. The van der Waals surface area contributed by atoms with Crippen molar-refractivity contribution in [2.45, 2.75) is 26.2 Å². The Morgan fingerprint density at radius 1 is 1.00 bits per heavy atom. The van der Waals surface area contributed by atoms with E-state index in [2.05, 4.69) is 38.0 Å². The minimum atomic E-state index is -0.0925. The second-order valence-electron chi connectivity index (χ2n) is 5.51. The van der Waals surface area contributed by atoms with Crippen LogP contribution in [-0.4, -0.2) is 9.78 Å². The van der Waals surface area contributed by atoms with E-state index in [1.54, 1.807) is 19.2 Å². The van der Waals surface area contributed by atoms with Gasteiger partial charge in [-0.1, -0.05) is 45.0 Å². The molecular formula is C15H18N2O. The number of hydrogen-bond acceptors (Lipinski definition) is 2. The Morgan fingerprint density at radius 3 is 2.11 bits per heavy atom. The number of nitrogens with zero attached hydrogens (tertiary/aromatic N) is 2. The molecule has 3 heteroatoms. The minimum Gasteiger partial charge on any atom is -0.268 e. The van der Waals surface area contributed by atoms with E-state index in [1.807, 2.05) is 12.1 Å². The Kier molecular flexibility index (Phi) is 3.07. The summed E-state index contributed by atoms with van der Waals surface area (Å²) in [6.45, 7) is 6.56. The van der Waals surface area contributed by atoms with E-state index >= 15 is 0 Å². The van der Waals surface area contributed by atoms with Gasteiger partial charge in [0.25, 0.3) is 5.56 Å². The fourth-order valence-electron chi connectivity index (χ4n) is 1.80. The Bertz CT molecular complexity index is 604. The van der Waals surface area contributed by atoms with Gasteiger partial charge in [-0.2, -0.15) is 5.10 Å². The molecule has 0 bridgehead atoms. The Hall–Kier alpha value is -1.90. The lowest BCUT2D eigenvalue weighted by Gasteiger charge is -2.19. The fourth-order valence-corrected chi connectivity index (χ4v) is 1.80.